The van der Waals surface area contributed by atoms with Gasteiger partial charge >= 0.3 is 0 Å². The molecule has 4 rings (SSSR count). The van der Waals surface area contributed by atoms with Crippen molar-refractivity contribution in [2.45, 2.75) is 13.3 Å². The first kappa shape index (κ1) is 17.0. The Balaban J connectivity index is 1.48. The van der Waals surface area contributed by atoms with Crippen LogP contribution in [0.25, 0.3) is 10.2 Å². The second kappa shape index (κ2) is 6.70. The van der Waals surface area contributed by atoms with E-state index in [2.05, 4.69) is 10.3 Å². The lowest BCUT2D eigenvalue weighted by Crippen LogP contribution is -2.28. The average molecular weight is 386 g/mol. The monoisotopic (exact) mass is 385 g/mol. The maximum Gasteiger partial charge on any atom is 0.231 e. The van der Waals surface area contributed by atoms with E-state index in [0.717, 1.165) is 21.5 Å². The molecule has 0 aliphatic carbocycles. The van der Waals surface area contributed by atoms with Gasteiger partial charge in [0.15, 0.2) is 5.13 Å². The van der Waals surface area contributed by atoms with Crippen LogP contribution in [0.5, 0.6) is 0 Å². The minimum absolute atomic E-state index is 0.0747. The zero-order valence-electron chi connectivity index (χ0n) is 14.0. The second-order valence-electron chi connectivity index (χ2n) is 6.31. The lowest BCUT2D eigenvalue weighted by molar-refractivity contribution is -0.122. The standard InChI is InChI=1S/C19H16ClN3O2S/c1-11-6-7-13(9-14(11)20)23-10-12(8-17(23)24)18(25)22-19-21-15-4-2-3-5-16(15)26-19/h2-7,9,12H,8,10H2,1H3,(H,21,22,25)/t12-/m0/s1. The summed E-state index contributed by atoms with van der Waals surface area (Å²) in [4.78, 5) is 31.0. The normalized spacial score (nSPS) is 17.1. The third kappa shape index (κ3) is 3.18. The van der Waals surface area contributed by atoms with Gasteiger partial charge in [0, 0.05) is 23.7 Å². The van der Waals surface area contributed by atoms with E-state index in [-0.39, 0.29) is 18.2 Å². The SMILES string of the molecule is Cc1ccc(N2C[C@@H](C(=O)Nc3nc4ccccc4s3)CC2=O)cc1Cl. The highest BCUT2D eigenvalue weighted by atomic mass is 35.5. The van der Waals surface area contributed by atoms with Gasteiger partial charge in [-0.2, -0.15) is 0 Å². The molecule has 1 aliphatic heterocycles. The Labute approximate surface area is 159 Å². The molecule has 0 bridgehead atoms. The van der Waals surface area contributed by atoms with Crippen LogP contribution in [0, 0.1) is 12.8 Å². The Kier molecular flexibility index (Phi) is 4.38. The number of hydrogen-bond acceptors (Lipinski definition) is 4. The Morgan fingerprint density at radius 2 is 2.12 bits per heavy atom. The first-order valence-corrected chi connectivity index (χ1v) is 9.43. The van der Waals surface area contributed by atoms with Crippen molar-refractivity contribution in [3.05, 3.63) is 53.1 Å². The van der Waals surface area contributed by atoms with E-state index in [1.807, 2.05) is 43.3 Å². The van der Waals surface area contributed by atoms with E-state index >= 15 is 0 Å². The van der Waals surface area contributed by atoms with E-state index in [4.69, 9.17) is 11.6 Å². The number of carbonyl (C=O) groups excluding carboxylic acids is 2. The molecule has 7 heteroatoms. The summed E-state index contributed by atoms with van der Waals surface area (Å²) in [6.07, 6.45) is 0.183. The van der Waals surface area contributed by atoms with Crippen molar-refractivity contribution in [1.29, 1.82) is 0 Å². The van der Waals surface area contributed by atoms with Gasteiger partial charge in [0.2, 0.25) is 11.8 Å². The maximum atomic E-state index is 12.6. The van der Waals surface area contributed by atoms with E-state index in [1.54, 1.807) is 11.0 Å². The number of anilines is 2. The van der Waals surface area contributed by atoms with Crippen LogP contribution in [0.1, 0.15) is 12.0 Å². The summed E-state index contributed by atoms with van der Waals surface area (Å²) in [5.74, 6) is -0.665. The summed E-state index contributed by atoms with van der Waals surface area (Å²) >= 11 is 7.59. The van der Waals surface area contributed by atoms with Crippen molar-refractivity contribution < 1.29 is 9.59 Å². The van der Waals surface area contributed by atoms with Crippen LogP contribution < -0.4 is 10.2 Å². The van der Waals surface area contributed by atoms with Gasteiger partial charge in [0.25, 0.3) is 0 Å². The molecule has 0 saturated carbocycles. The van der Waals surface area contributed by atoms with Gasteiger partial charge in [-0.15, -0.1) is 0 Å². The van der Waals surface area contributed by atoms with Crippen molar-refractivity contribution >= 4 is 55.8 Å². The first-order valence-electron chi connectivity index (χ1n) is 8.24. The van der Waals surface area contributed by atoms with Crippen LogP contribution in [0.3, 0.4) is 0 Å². The van der Waals surface area contributed by atoms with Crippen molar-refractivity contribution in [3.8, 4) is 0 Å². The van der Waals surface area contributed by atoms with Gasteiger partial charge in [-0.1, -0.05) is 41.1 Å². The van der Waals surface area contributed by atoms with E-state index < -0.39 is 5.92 Å². The minimum atomic E-state index is -0.408. The van der Waals surface area contributed by atoms with Crippen LogP contribution in [-0.2, 0) is 9.59 Å². The van der Waals surface area contributed by atoms with Crippen LogP contribution in [0.4, 0.5) is 10.8 Å². The average Bonchev–Trinajstić information content (AvgIpc) is 3.20. The lowest BCUT2D eigenvalue weighted by atomic mass is 10.1. The topological polar surface area (TPSA) is 62.3 Å². The van der Waals surface area contributed by atoms with Crippen molar-refractivity contribution in [3.63, 3.8) is 0 Å². The molecule has 2 heterocycles. The lowest BCUT2D eigenvalue weighted by Gasteiger charge is -2.17. The van der Waals surface area contributed by atoms with E-state index in [1.165, 1.54) is 11.3 Å². The van der Waals surface area contributed by atoms with Crippen molar-refractivity contribution in [1.82, 2.24) is 4.98 Å². The fourth-order valence-corrected chi connectivity index (χ4v) is 4.06. The van der Waals surface area contributed by atoms with Crippen LogP contribution in [-0.4, -0.2) is 23.3 Å². The minimum Gasteiger partial charge on any atom is -0.312 e. The summed E-state index contributed by atoms with van der Waals surface area (Å²) in [7, 11) is 0. The van der Waals surface area contributed by atoms with Gasteiger partial charge in [0.05, 0.1) is 16.1 Å². The van der Waals surface area contributed by atoms with E-state index in [9.17, 15) is 9.59 Å². The maximum absolute atomic E-state index is 12.6. The molecule has 1 atom stereocenters. The van der Waals surface area contributed by atoms with Gasteiger partial charge in [-0.05, 0) is 36.8 Å². The molecule has 1 N–H and O–H groups in total. The number of halogens is 1. The second-order valence-corrected chi connectivity index (χ2v) is 7.75. The smallest absolute Gasteiger partial charge is 0.231 e. The van der Waals surface area contributed by atoms with Crippen LogP contribution in [0.15, 0.2) is 42.5 Å². The van der Waals surface area contributed by atoms with Crippen molar-refractivity contribution in [2.24, 2.45) is 5.92 Å². The molecule has 2 aromatic carbocycles. The highest BCUT2D eigenvalue weighted by molar-refractivity contribution is 7.22. The van der Waals surface area contributed by atoms with Gasteiger partial charge in [-0.25, -0.2) is 4.98 Å². The molecule has 0 spiro atoms. The molecule has 26 heavy (non-hydrogen) atoms. The molecule has 1 aromatic heterocycles. The number of aryl methyl sites for hydroxylation is 1. The summed E-state index contributed by atoms with van der Waals surface area (Å²) < 4.78 is 1.02. The highest BCUT2D eigenvalue weighted by Gasteiger charge is 2.35. The number of nitrogens with zero attached hydrogens (tertiary/aromatic N) is 2. The molecular weight excluding hydrogens is 370 g/mol. The van der Waals surface area contributed by atoms with E-state index in [0.29, 0.717) is 16.7 Å². The number of amides is 2. The molecule has 1 fully saturated rings. The zero-order chi connectivity index (χ0) is 18.3. The number of benzene rings is 2. The molecule has 3 aromatic rings. The Bertz CT molecular complexity index is 984. The van der Waals surface area contributed by atoms with Gasteiger partial charge < -0.3 is 10.2 Å². The summed E-state index contributed by atoms with van der Waals surface area (Å²) in [6.45, 7) is 2.25. The molecule has 0 radical (unpaired) electrons. The fraction of sp³-hybridized carbons (Fsp3) is 0.211. The predicted molar refractivity (Wildman–Crippen MR) is 105 cm³/mol. The fourth-order valence-electron chi connectivity index (χ4n) is 3.02. The van der Waals surface area contributed by atoms with Gasteiger partial charge in [-0.3, -0.25) is 9.59 Å². The van der Waals surface area contributed by atoms with Crippen LogP contribution >= 0.6 is 22.9 Å². The summed E-state index contributed by atoms with van der Waals surface area (Å²) in [6, 6.07) is 13.2. The first-order chi connectivity index (χ1) is 12.5. The molecule has 132 valence electrons. The van der Waals surface area contributed by atoms with Crippen LogP contribution in [0.2, 0.25) is 5.02 Å². The molecule has 2 amide bonds. The Morgan fingerprint density at radius 1 is 1.31 bits per heavy atom. The number of thiazole rings is 1. The summed E-state index contributed by atoms with van der Waals surface area (Å²) in [5, 5.41) is 4.01. The van der Waals surface area contributed by atoms with Gasteiger partial charge in [0.1, 0.15) is 0 Å². The number of hydrogen-bond donors (Lipinski definition) is 1. The third-order valence-electron chi connectivity index (χ3n) is 4.49. The molecular formula is C19H16ClN3O2S. The largest absolute Gasteiger partial charge is 0.312 e. The highest BCUT2D eigenvalue weighted by Crippen LogP contribution is 2.30. The predicted octanol–water partition coefficient (Wildman–Crippen LogP) is 4.25. The van der Waals surface area contributed by atoms with Crippen molar-refractivity contribution in [2.75, 3.05) is 16.8 Å². The number of rotatable bonds is 3. The third-order valence-corrected chi connectivity index (χ3v) is 5.85. The number of carbonyl (C=O) groups is 2. The number of fused-ring (bicyclic) bond motifs is 1. The molecule has 0 unspecified atom stereocenters. The molecule has 1 saturated heterocycles. The molecule has 5 nitrogen and oxygen atoms in total. The Morgan fingerprint density at radius 3 is 2.88 bits per heavy atom. The Hall–Kier alpha value is -2.44. The number of aromatic nitrogens is 1. The quantitative estimate of drug-likeness (QED) is 0.733. The number of para-hydroxylation sites is 1. The zero-order valence-corrected chi connectivity index (χ0v) is 15.6. The number of nitrogens with one attached hydrogen (secondary N) is 1. The molecule has 1 aliphatic rings. The summed E-state index contributed by atoms with van der Waals surface area (Å²) in [5.41, 5.74) is 2.53.